The molecule has 3 nitrogen and oxygen atoms in total. The van der Waals surface area contributed by atoms with Gasteiger partial charge in [-0.05, 0) is 35.4 Å². The topological polar surface area (TPSA) is 37.4 Å². The molecule has 1 aliphatic rings. The summed E-state index contributed by atoms with van der Waals surface area (Å²) in [7, 11) is -3.55. The van der Waals surface area contributed by atoms with E-state index >= 15 is 0 Å². The van der Waals surface area contributed by atoms with Crippen molar-refractivity contribution in [3.05, 3.63) is 90.5 Å². The van der Waals surface area contributed by atoms with Crippen LogP contribution in [0.2, 0.25) is 0 Å². The Kier molecular flexibility index (Phi) is 3.70. The maximum atomic E-state index is 13.1. The predicted molar refractivity (Wildman–Crippen MR) is 101 cm³/mol. The number of hydrogen-bond acceptors (Lipinski definition) is 3. The van der Waals surface area contributed by atoms with Crippen molar-refractivity contribution in [2.24, 2.45) is 0 Å². The summed E-state index contributed by atoms with van der Waals surface area (Å²) in [6.07, 6.45) is 1.66. The maximum Gasteiger partial charge on any atom is 0.210 e. The van der Waals surface area contributed by atoms with Crippen molar-refractivity contribution in [1.29, 1.82) is 0 Å². The molecular formula is C21H17NO2S. The molecule has 0 bridgehead atoms. The van der Waals surface area contributed by atoms with Gasteiger partial charge in [0, 0.05) is 6.54 Å². The van der Waals surface area contributed by atoms with E-state index in [1.165, 1.54) is 0 Å². The van der Waals surface area contributed by atoms with Gasteiger partial charge >= 0.3 is 0 Å². The Morgan fingerprint density at radius 1 is 0.840 bits per heavy atom. The van der Waals surface area contributed by atoms with Crippen LogP contribution in [0.3, 0.4) is 0 Å². The molecule has 3 aromatic carbocycles. The van der Waals surface area contributed by atoms with E-state index in [2.05, 4.69) is 11.5 Å². The quantitative estimate of drug-likeness (QED) is 0.682. The molecule has 0 saturated carbocycles. The van der Waals surface area contributed by atoms with E-state index in [4.69, 9.17) is 0 Å². The summed E-state index contributed by atoms with van der Waals surface area (Å²) < 4.78 is 26.2. The van der Waals surface area contributed by atoms with Crippen LogP contribution in [0.15, 0.2) is 89.2 Å². The maximum absolute atomic E-state index is 13.1. The average Bonchev–Trinajstić information content (AvgIpc) is 2.66. The zero-order valence-electron chi connectivity index (χ0n) is 13.6. The monoisotopic (exact) mass is 347 g/mol. The summed E-state index contributed by atoms with van der Waals surface area (Å²) in [5.41, 5.74) is 3.33. The fourth-order valence-corrected chi connectivity index (χ4v) is 4.88. The van der Waals surface area contributed by atoms with Gasteiger partial charge < -0.3 is 4.90 Å². The number of fused-ring (bicyclic) bond motifs is 2. The van der Waals surface area contributed by atoms with Gasteiger partial charge in [0.1, 0.15) is 0 Å². The minimum atomic E-state index is -3.55. The first-order valence-electron chi connectivity index (χ1n) is 8.03. The number of benzene rings is 3. The van der Waals surface area contributed by atoms with Gasteiger partial charge in [0.15, 0.2) is 0 Å². The highest BCUT2D eigenvalue weighted by Crippen LogP contribution is 2.45. The Bertz CT molecular complexity index is 1060. The summed E-state index contributed by atoms with van der Waals surface area (Å²) in [5.74, 6) is 0. The number of anilines is 2. The van der Waals surface area contributed by atoms with Crippen LogP contribution in [-0.2, 0) is 16.4 Å². The van der Waals surface area contributed by atoms with E-state index < -0.39 is 9.84 Å². The summed E-state index contributed by atoms with van der Waals surface area (Å²) in [5, 5.41) is 0. The van der Waals surface area contributed by atoms with Gasteiger partial charge in [-0.15, -0.1) is 0 Å². The molecule has 0 aliphatic carbocycles. The first kappa shape index (κ1) is 15.7. The predicted octanol–water partition coefficient (Wildman–Crippen LogP) is 4.81. The van der Waals surface area contributed by atoms with Gasteiger partial charge in [0.05, 0.1) is 21.2 Å². The van der Waals surface area contributed by atoms with Gasteiger partial charge in [-0.1, -0.05) is 61.2 Å². The molecule has 0 atom stereocenters. The lowest BCUT2D eigenvalue weighted by molar-refractivity contribution is 0.594. The second-order valence-electron chi connectivity index (χ2n) is 5.97. The standard InChI is InChI=1S/C21H17NO2S/c1-2-16-12-13-19-21(14-16)25(23,24)20-11-7-6-10-18(20)22(19)15-17-8-4-3-5-9-17/h2-14H,1,15H2. The highest BCUT2D eigenvalue weighted by Gasteiger charge is 2.33. The van der Waals surface area contributed by atoms with Crippen molar-refractivity contribution in [1.82, 2.24) is 0 Å². The smallest absolute Gasteiger partial charge is 0.210 e. The van der Waals surface area contributed by atoms with E-state index in [-0.39, 0.29) is 0 Å². The molecule has 0 N–H and O–H groups in total. The van der Waals surface area contributed by atoms with Crippen molar-refractivity contribution < 1.29 is 8.42 Å². The van der Waals surface area contributed by atoms with E-state index in [1.807, 2.05) is 54.6 Å². The molecule has 0 unspecified atom stereocenters. The third-order valence-corrected chi connectivity index (χ3v) is 6.26. The molecule has 4 rings (SSSR count). The van der Waals surface area contributed by atoms with Gasteiger partial charge in [0.2, 0.25) is 9.84 Å². The summed E-state index contributed by atoms with van der Waals surface area (Å²) in [6.45, 7) is 4.36. The Morgan fingerprint density at radius 2 is 1.52 bits per heavy atom. The van der Waals surface area contributed by atoms with E-state index in [9.17, 15) is 8.42 Å². The molecule has 0 radical (unpaired) electrons. The van der Waals surface area contributed by atoms with Gasteiger partial charge in [-0.25, -0.2) is 8.42 Å². The normalized spacial score (nSPS) is 14.5. The summed E-state index contributed by atoms with van der Waals surface area (Å²) in [6, 6.07) is 22.7. The minimum absolute atomic E-state index is 0.333. The molecule has 1 aliphatic heterocycles. The number of para-hydroxylation sites is 1. The van der Waals surface area contributed by atoms with Gasteiger partial charge in [0.25, 0.3) is 0 Å². The zero-order chi connectivity index (χ0) is 17.4. The Labute approximate surface area is 147 Å². The summed E-state index contributed by atoms with van der Waals surface area (Å²) >= 11 is 0. The van der Waals surface area contributed by atoms with Gasteiger partial charge in [-0.3, -0.25) is 0 Å². The van der Waals surface area contributed by atoms with Crippen LogP contribution >= 0.6 is 0 Å². The Morgan fingerprint density at radius 3 is 2.28 bits per heavy atom. The molecule has 4 heteroatoms. The van der Waals surface area contributed by atoms with Crippen molar-refractivity contribution >= 4 is 27.3 Å². The first-order chi connectivity index (χ1) is 12.1. The average molecular weight is 347 g/mol. The van der Waals surface area contributed by atoms with Crippen molar-refractivity contribution in [3.8, 4) is 0 Å². The number of hydrogen-bond donors (Lipinski definition) is 0. The van der Waals surface area contributed by atoms with Crippen LogP contribution in [-0.4, -0.2) is 8.42 Å². The van der Waals surface area contributed by atoms with Crippen LogP contribution in [0.4, 0.5) is 11.4 Å². The lowest BCUT2D eigenvalue weighted by atomic mass is 10.1. The highest BCUT2D eigenvalue weighted by atomic mass is 32.2. The zero-order valence-corrected chi connectivity index (χ0v) is 14.4. The van der Waals surface area contributed by atoms with Crippen molar-refractivity contribution in [2.75, 3.05) is 4.90 Å². The molecule has 1 heterocycles. The van der Waals surface area contributed by atoms with Crippen LogP contribution in [0.1, 0.15) is 11.1 Å². The second kappa shape index (κ2) is 5.90. The van der Waals surface area contributed by atoms with Crippen LogP contribution in [0.5, 0.6) is 0 Å². The molecule has 124 valence electrons. The van der Waals surface area contributed by atoms with E-state index in [0.29, 0.717) is 27.7 Å². The first-order valence-corrected chi connectivity index (χ1v) is 9.51. The number of sulfone groups is 1. The Hall–Kier alpha value is -2.85. The third-order valence-electron chi connectivity index (χ3n) is 4.43. The second-order valence-corrected chi connectivity index (χ2v) is 7.86. The molecular weight excluding hydrogens is 330 g/mol. The Balaban J connectivity index is 1.95. The third kappa shape index (κ3) is 2.55. The fourth-order valence-electron chi connectivity index (χ4n) is 3.19. The van der Waals surface area contributed by atoms with E-state index in [0.717, 1.165) is 11.1 Å². The van der Waals surface area contributed by atoms with Crippen molar-refractivity contribution in [2.45, 2.75) is 16.3 Å². The summed E-state index contributed by atoms with van der Waals surface area (Å²) in [4.78, 5) is 2.74. The van der Waals surface area contributed by atoms with Crippen molar-refractivity contribution in [3.63, 3.8) is 0 Å². The lowest BCUT2D eigenvalue weighted by Gasteiger charge is -2.33. The molecule has 0 fully saturated rings. The minimum Gasteiger partial charge on any atom is -0.335 e. The number of rotatable bonds is 3. The lowest BCUT2D eigenvalue weighted by Crippen LogP contribution is -2.25. The molecule has 0 spiro atoms. The highest BCUT2D eigenvalue weighted by molar-refractivity contribution is 7.92. The largest absolute Gasteiger partial charge is 0.335 e. The van der Waals surface area contributed by atoms with E-state index in [1.54, 1.807) is 24.3 Å². The molecule has 3 aromatic rings. The fraction of sp³-hybridized carbons (Fsp3) is 0.0476. The van der Waals surface area contributed by atoms with Crippen LogP contribution in [0, 0.1) is 0 Å². The van der Waals surface area contributed by atoms with Crippen LogP contribution in [0.25, 0.3) is 6.08 Å². The SMILES string of the molecule is C=Cc1ccc2c(c1)S(=O)(=O)c1ccccc1N2Cc1ccccc1. The molecule has 0 saturated heterocycles. The molecule has 0 amide bonds. The van der Waals surface area contributed by atoms with Gasteiger partial charge in [-0.2, -0.15) is 0 Å². The molecule has 0 aromatic heterocycles. The molecule has 25 heavy (non-hydrogen) atoms. The van der Waals surface area contributed by atoms with Crippen LogP contribution < -0.4 is 4.90 Å². The number of nitrogens with zero attached hydrogens (tertiary/aromatic N) is 1.